The van der Waals surface area contributed by atoms with Gasteiger partial charge in [-0.1, -0.05) is 12.1 Å². The topological polar surface area (TPSA) is 60.3 Å². The molecule has 6 nitrogen and oxygen atoms in total. The molecular weight excluding hydrogens is 316 g/mol. The molecule has 0 saturated carbocycles. The molecule has 0 amide bonds. The molecule has 0 unspecified atom stereocenters. The summed E-state index contributed by atoms with van der Waals surface area (Å²) in [6.45, 7) is 6.91. The number of rotatable bonds is 2. The molecule has 6 heteroatoms. The second-order valence-corrected chi connectivity index (χ2v) is 6.35. The van der Waals surface area contributed by atoms with Gasteiger partial charge in [0.05, 0.1) is 29.8 Å². The summed E-state index contributed by atoms with van der Waals surface area (Å²) in [5, 5.41) is 0.528. The molecule has 4 rings (SSSR count). The second-order valence-electron chi connectivity index (χ2n) is 6.35. The van der Waals surface area contributed by atoms with Crippen LogP contribution in [-0.4, -0.2) is 40.8 Å². The largest absolute Gasteiger partial charge is 0.378 e. The number of pyridine rings is 1. The number of benzene rings is 1. The monoisotopic (exact) mass is 336 g/mol. The Hall–Kier alpha value is -2.73. The van der Waals surface area contributed by atoms with E-state index in [1.54, 1.807) is 17.0 Å². The van der Waals surface area contributed by atoms with Gasteiger partial charge in [0.15, 0.2) is 0 Å². The number of aromatic nitrogens is 3. The van der Waals surface area contributed by atoms with Gasteiger partial charge in [-0.2, -0.15) is 0 Å². The molecule has 0 spiro atoms. The summed E-state index contributed by atoms with van der Waals surface area (Å²) in [4.78, 5) is 24.0. The van der Waals surface area contributed by atoms with E-state index in [9.17, 15) is 4.79 Å². The smallest absolute Gasteiger partial charge is 0.266 e. The van der Waals surface area contributed by atoms with E-state index in [-0.39, 0.29) is 5.56 Å². The van der Waals surface area contributed by atoms with E-state index in [0.717, 1.165) is 29.9 Å². The van der Waals surface area contributed by atoms with Crippen molar-refractivity contribution in [3.05, 3.63) is 58.1 Å². The quantitative estimate of drug-likeness (QED) is 0.718. The van der Waals surface area contributed by atoms with Crippen LogP contribution >= 0.6 is 0 Å². The lowest BCUT2D eigenvalue weighted by Crippen LogP contribution is -2.37. The molecule has 25 heavy (non-hydrogen) atoms. The molecule has 0 N–H and O–H groups in total. The third-order valence-electron chi connectivity index (χ3n) is 4.55. The molecule has 2 aromatic heterocycles. The van der Waals surface area contributed by atoms with Crippen molar-refractivity contribution in [3.8, 4) is 5.69 Å². The Morgan fingerprint density at radius 2 is 1.92 bits per heavy atom. The van der Waals surface area contributed by atoms with Crippen molar-refractivity contribution >= 4 is 16.9 Å². The highest BCUT2D eigenvalue weighted by atomic mass is 16.5. The number of fused-ring (bicyclic) bond motifs is 1. The molecule has 1 aliphatic rings. The lowest BCUT2D eigenvalue weighted by atomic mass is 10.1. The minimum absolute atomic E-state index is 0.0975. The van der Waals surface area contributed by atoms with Gasteiger partial charge in [-0.25, -0.2) is 9.97 Å². The fourth-order valence-electron chi connectivity index (χ4n) is 3.10. The predicted octanol–water partition coefficient (Wildman–Crippen LogP) is 2.23. The molecule has 0 bridgehead atoms. The zero-order chi connectivity index (χ0) is 17.4. The Labute approximate surface area is 145 Å². The first-order chi connectivity index (χ1) is 12.1. The Morgan fingerprint density at radius 1 is 1.12 bits per heavy atom. The van der Waals surface area contributed by atoms with Crippen LogP contribution < -0.4 is 10.5 Å². The summed E-state index contributed by atoms with van der Waals surface area (Å²) >= 11 is 0. The maximum Gasteiger partial charge on any atom is 0.266 e. The van der Waals surface area contributed by atoms with Crippen LogP contribution in [0.25, 0.3) is 16.6 Å². The van der Waals surface area contributed by atoms with Crippen molar-refractivity contribution in [2.24, 2.45) is 0 Å². The number of ether oxygens (including phenoxy) is 1. The van der Waals surface area contributed by atoms with Gasteiger partial charge < -0.3 is 9.64 Å². The van der Waals surface area contributed by atoms with Gasteiger partial charge >= 0.3 is 0 Å². The van der Waals surface area contributed by atoms with E-state index in [4.69, 9.17) is 4.74 Å². The van der Waals surface area contributed by atoms with Gasteiger partial charge in [0.1, 0.15) is 0 Å². The van der Waals surface area contributed by atoms with Crippen LogP contribution in [0.5, 0.6) is 0 Å². The summed E-state index contributed by atoms with van der Waals surface area (Å²) in [5.41, 5.74) is 3.64. The molecule has 0 atom stereocenters. The molecule has 3 heterocycles. The van der Waals surface area contributed by atoms with Gasteiger partial charge in [0.2, 0.25) is 5.95 Å². The van der Waals surface area contributed by atoms with Gasteiger partial charge in [-0.3, -0.25) is 9.36 Å². The Bertz CT molecular complexity index is 990. The van der Waals surface area contributed by atoms with Crippen molar-refractivity contribution in [2.45, 2.75) is 13.8 Å². The van der Waals surface area contributed by atoms with Crippen molar-refractivity contribution in [1.82, 2.24) is 14.5 Å². The van der Waals surface area contributed by atoms with Crippen LogP contribution in [0.15, 0.2) is 41.5 Å². The first kappa shape index (κ1) is 15.8. The van der Waals surface area contributed by atoms with Crippen LogP contribution in [0.2, 0.25) is 0 Å². The van der Waals surface area contributed by atoms with Crippen LogP contribution in [-0.2, 0) is 4.74 Å². The normalized spacial score (nSPS) is 14.9. The number of nitrogens with zero attached hydrogens (tertiary/aromatic N) is 4. The predicted molar refractivity (Wildman–Crippen MR) is 97.6 cm³/mol. The number of anilines is 1. The van der Waals surface area contributed by atoms with E-state index in [1.165, 1.54) is 0 Å². The van der Waals surface area contributed by atoms with E-state index in [0.29, 0.717) is 30.1 Å². The van der Waals surface area contributed by atoms with E-state index >= 15 is 0 Å². The van der Waals surface area contributed by atoms with Crippen LogP contribution in [0, 0.1) is 13.8 Å². The van der Waals surface area contributed by atoms with Crippen molar-refractivity contribution in [2.75, 3.05) is 31.2 Å². The molecule has 3 aromatic rings. The van der Waals surface area contributed by atoms with Gasteiger partial charge in [0, 0.05) is 25.5 Å². The lowest BCUT2D eigenvalue weighted by Gasteiger charge is -2.26. The first-order valence-electron chi connectivity index (χ1n) is 8.42. The minimum Gasteiger partial charge on any atom is -0.378 e. The Kier molecular flexibility index (Phi) is 3.97. The minimum atomic E-state index is -0.0975. The fraction of sp³-hybridized carbons (Fsp3) is 0.316. The summed E-state index contributed by atoms with van der Waals surface area (Å²) in [6.07, 6.45) is 3.43. The Morgan fingerprint density at radius 3 is 2.72 bits per heavy atom. The second kappa shape index (κ2) is 6.29. The van der Waals surface area contributed by atoms with Crippen molar-refractivity contribution < 1.29 is 4.74 Å². The number of morpholine rings is 1. The highest BCUT2D eigenvalue weighted by Crippen LogP contribution is 2.17. The lowest BCUT2D eigenvalue weighted by molar-refractivity contribution is 0.122. The highest BCUT2D eigenvalue weighted by Gasteiger charge is 2.15. The molecule has 1 saturated heterocycles. The standard InChI is InChI=1S/C19H20N4O2/c1-13-3-4-14(2)17(11-13)23-6-5-16-15(18(23)24)12-20-19(21-16)22-7-9-25-10-8-22/h3-6,11-12H,7-10H2,1-2H3. The summed E-state index contributed by atoms with van der Waals surface area (Å²) in [7, 11) is 0. The van der Waals surface area contributed by atoms with Crippen LogP contribution in [0.4, 0.5) is 5.95 Å². The third kappa shape index (κ3) is 2.89. The van der Waals surface area contributed by atoms with Gasteiger partial charge in [-0.15, -0.1) is 0 Å². The maximum absolute atomic E-state index is 12.9. The van der Waals surface area contributed by atoms with E-state index in [2.05, 4.69) is 14.9 Å². The van der Waals surface area contributed by atoms with Crippen molar-refractivity contribution in [1.29, 1.82) is 0 Å². The summed E-state index contributed by atoms with van der Waals surface area (Å²) < 4.78 is 7.03. The molecule has 0 aliphatic carbocycles. The van der Waals surface area contributed by atoms with Crippen LogP contribution in [0.1, 0.15) is 11.1 Å². The molecular formula is C19H20N4O2. The van der Waals surface area contributed by atoms with E-state index in [1.807, 2.05) is 38.1 Å². The van der Waals surface area contributed by atoms with Crippen molar-refractivity contribution in [3.63, 3.8) is 0 Å². The number of hydrogen-bond donors (Lipinski definition) is 0. The zero-order valence-electron chi connectivity index (χ0n) is 14.4. The zero-order valence-corrected chi connectivity index (χ0v) is 14.4. The molecule has 1 aromatic carbocycles. The van der Waals surface area contributed by atoms with Gasteiger partial charge in [0.25, 0.3) is 5.56 Å². The highest BCUT2D eigenvalue weighted by molar-refractivity contribution is 5.78. The Balaban J connectivity index is 1.81. The summed E-state index contributed by atoms with van der Waals surface area (Å²) in [5.74, 6) is 0.652. The first-order valence-corrected chi connectivity index (χ1v) is 8.42. The molecule has 1 aliphatic heterocycles. The molecule has 128 valence electrons. The van der Waals surface area contributed by atoms with Crippen LogP contribution in [0.3, 0.4) is 0 Å². The average Bonchev–Trinajstić information content (AvgIpc) is 2.65. The molecule has 0 radical (unpaired) electrons. The fourth-order valence-corrected chi connectivity index (χ4v) is 3.10. The summed E-state index contributed by atoms with van der Waals surface area (Å²) in [6, 6.07) is 7.97. The SMILES string of the molecule is Cc1ccc(C)c(-n2ccc3nc(N4CCOCC4)ncc3c2=O)c1. The third-order valence-corrected chi connectivity index (χ3v) is 4.55. The maximum atomic E-state index is 12.9. The number of aryl methyl sites for hydroxylation is 2. The van der Waals surface area contributed by atoms with Gasteiger partial charge in [-0.05, 0) is 37.1 Å². The molecule has 1 fully saturated rings. The number of hydrogen-bond acceptors (Lipinski definition) is 5. The van der Waals surface area contributed by atoms with E-state index < -0.39 is 0 Å². The average molecular weight is 336 g/mol.